The maximum atomic E-state index is 13.3. The molecular weight excluding hydrogens is 440 g/mol. The van der Waals surface area contributed by atoms with Crippen LogP contribution in [0, 0.1) is 19.1 Å². The van der Waals surface area contributed by atoms with Crippen LogP contribution in [0.15, 0.2) is 58.3 Å². The minimum absolute atomic E-state index is 0.00954. The molecule has 2 bridgehead atoms. The van der Waals surface area contributed by atoms with Crippen molar-refractivity contribution in [3.63, 3.8) is 0 Å². The lowest BCUT2D eigenvalue weighted by molar-refractivity contribution is -0.893. The van der Waals surface area contributed by atoms with Crippen LogP contribution in [0.1, 0.15) is 17.5 Å². The van der Waals surface area contributed by atoms with E-state index in [1.54, 1.807) is 24.3 Å². The Morgan fingerprint density at radius 1 is 0.903 bits per heavy atom. The summed E-state index contributed by atoms with van der Waals surface area (Å²) in [6.07, 6.45) is -0.758. The Labute approximate surface area is 183 Å². The molecule has 10 heteroatoms. The van der Waals surface area contributed by atoms with Gasteiger partial charge in [-0.15, -0.1) is 0 Å². The Morgan fingerprint density at radius 3 is 2.03 bits per heavy atom. The molecule has 2 aliphatic heterocycles. The zero-order chi connectivity index (χ0) is 22.4. The van der Waals surface area contributed by atoms with E-state index in [0.29, 0.717) is 0 Å². The van der Waals surface area contributed by atoms with Crippen molar-refractivity contribution in [2.45, 2.75) is 42.2 Å². The minimum atomic E-state index is -4.10. The molecule has 2 heterocycles. The average Bonchev–Trinajstić information content (AvgIpc) is 2.71. The molecule has 0 aromatic heterocycles. The molecular formula is C21H26N2O6S2. The van der Waals surface area contributed by atoms with E-state index in [-0.39, 0.29) is 42.4 Å². The van der Waals surface area contributed by atoms with Gasteiger partial charge < -0.3 is 9.85 Å². The van der Waals surface area contributed by atoms with Gasteiger partial charge in [-0.25, -0.2) is 8.42 Å². The molecule has 8 nitrogen and oxygen atoms in total. The monoisotopic (exact) mass is 466 g/mol. The quantitative estimate of drug-likeness (QED) is 0.380. The van der Waals surface area contributed by atoms with Crippen LogP contribution in [0.5, 0.6) is 0 Å². The average molecular weight is 467 g/mol. The molecule has 0 unspecified atom stereocenters. The summed E-state index contributed by atoms with van der Waals surface area (Å²) in [5.74, 6) is 0. The van der Waals surface area contributed by atoms with E-state index in [2.05, 4.69) is 0 Å². The highest BCUT2D eigenvalue weighted by atomic mass is 32.2. The molecule has 0 spiro atoms. The van der Waals surface area contributed by atoms with Crippen molar-refractivity contribution in [2.24, 2.45) is 0 Å². The standard InChI is InChI=1S/C21H26N2O6S2/c1-16-3-7-18(8-4-16)30(25,26)22-12-14-23(24)13-11-21(20(22)15-23)29-31(27,28)19-9-5-17(2)6-10-19/h3-10,20-21H,11-15H2,1-2H3/t20-,21+,23-/m1/s1. The van der Waals surface area contributed by atoms with Crippen molar-refractivity contribution in [3.05, 3.63) is 64.9 Å². The third-order valence-electron chi connectivity index (χ3n) is 6.06. The molecule has 3 atom stereocenters. The Kier molecular flexibility index (Phi) is 5.74. The van der Waals surface area contributed by atoms with E-state index >= 15 is 0 Å². The van der Waals surface area contributed by atoms with Gasteiger partial charge in [0.2, 0.25) is 10.0 Å². The maximum absolute atomic E-state index is 13.3. The van der Waals surface area contributed by atoms with E-state index < -0.39 is 36.9 Å². The predicted molar refractivity (Wildman–Crippen MR) is 115 cm³/mol. The molecule has 0 amide bonds. The Morgan fingerprint density at radius 2 is 1.45 bits per heavy atom. The van der Waals surface area contributed by atoms with Gasteiger partial charge in [-0.05, 0) is 38.1 Å². The van der Waals surface area contributed by atoms with Gasteiger partial charge in [0.05, 0.1) is 36.0 Å². The van der Waals surface area contributed by atoms with E-state index in [4.69, 9.17) is 4.18 Å². The lowest BCUT2D eigenvalue weighted by atomic mass is 9.99. The summed E-state index contributed by atoms with van der Waals surface area (Å²) in [6, 6.07) is 11.9. The van der Waals surface area contributed by atoms with Crippen LogP contribution in [0.25, 0.3) is 0 Å². The molecule has 31 heavy (non-hydrogen) atoms. The summed E-state index contributed by atoms with van der Waals surface area (Å²) in [5.41, 5.74) is 1.84. The largest absolute Gasteiger partial charge is 0.633 e. The first kappa shape index (κ1) is 22.4. The predicted octanol–water partition coefficient (Wildman–Crippen LogP) is 2.17. The third-order valence-corrected chi connectivity index (χ3v) is 9.34. The number of hydrogen-bond donors (Lipinski definition) is 0. The highest BCUT2D eigenvalue weighted by Crippen LogP contribution is 2.34. The Bertz CT molecular complexity index is 1160. The van der Waals surface area contributed by atoms with Crippen LogP contribution >= 0.6 is 0 Å². The van der Waals surface area contributed by atoms with Crippen LogP contribution < -0.4 is 0 Å². The summed E-state index contributed by atoms with van der Waals surface area (Å²) in [4.78, 5) is 0.130. The molecule has 0 aliphatic carbocycles. The summed E-state index contributed by atoms with van der Waals surface area (Å²) >= 11 is 0. The molecule has 4 rings (SSSR count). The number of hydroxylamine groups is 3. The smallest absolute Gasteiger partial charge is 0.297 e. The van der Waals surface area contributed by atoms with Gasteiger partial charge in [0, 0.05) is 6.42 Å². The zero-order valence-electron chi connectivity index (χ0n) is 17.5. The molecule has 2 aromatic rings. The fraction of sp³-hybridized carbons (Fsp3) is 0.429. The molecule has 2 fully saturated rings. The second-order valence-corrected chi connectivity index (χ2v) is 11.8. The van der Waals surface area contributed by atoms with Gasteiger partial charge in [0.25, 0.3) is 10.1 Å². The Hall–Kier alpha value is -1.82. The number of aryl methyl sites for hydroxylation is 2. The van der Waals surface area contributed by atoms with Gasteiger partial charge in [0.15, 0.2) is 0 Å². The van der Waals surface area contributed by atoms with E-state index in [0.717, 1.165) is 11.1 Å². The van der Waals surface area contributed by atoms with Gasteiger partial charge in [0.1, 0.15) is 12.1 Å². The molecule has 2 saturated heterocycles. The number of rotatable bonds is 5. The van der Waals surface area contributed by atoms with Crippen molar-refractivity contribution in [1.29, 1.82) is 0 Å². The van der Waals surface area contributed by atoms with Gasteiger partial charge >= 0.3 is 0 Å². The number of fused-ring (bicyclic) bond motifs is 2. The van der Waals surface area contributed by atoms with Crippen LogP contribution in [-0.2, 0) is 24.3 Å². The Balaban J connectivity index is 1.65. The fourth-order valence-electron chi connectivity index (χ4n) is 4.21. The van der Waals surface area contributed by atoms with Crippen LogP contribution in [0.4, 0.5) is 0 Å². The van der Waals surface area contributed by atoms with Crippen molar-refractivity contribution in [3.8, 4) is 0 Å². The molecule has 0 saturated carbocycles. The fourth-order valence-corrected chi connectivity index (χ4v) is 6.97. The van der Waals surface area contributed by atoms with Crippen LogP contribution in [0.3, 0.4) is 0 Å². The lowest BCUT2D eigenvalue weighted by Crippen LogP contribution is -2.69. The van der Waals surface area contributed by atoms with E-state index in [9.17, 15) is 22.0 Å². The number of piperazine rings is 1. The SMILES string of the molecule is Cc1ccc(S(=O)(=O)O[C@H]2CC[N@@+]3([O-])CCN(S(=O)(=O)c4ccc(C)cc4)[C@@H]2C3)cc1. The van der Waals surface area contributed by atoms with Gasteiger partial charge in [-0.2, -0.15) is 12.7 Å². The van der Waals surface area contributed by atoms with E-state index in [1.807, 2.05) is 13.8 Å². The van der Waals surface area contributed by atoms with Gasteiger partial charge in [-0.1, -0.05) is 35.4 Å². The lowest BCUT2D eigenvalue weighted by Gasteiger charge is -2.56. The molecule has 2 aromatic carbocycles. The highest BCUT2D eigenvalue weighted by Gasteiger charge is 2.49. The number of hydrogen-bond acceptors (Lipinski definition) is 6. The first-order valence-corrected chi connectivity index (χ1v) is 13.0. The molecule has 0 N–H and O–H groups in total. The number of quaternary nitrogens is 1. The molecule has 168 valence electrons. The topological polar surface area (TPSA) is 104 Å². The minimum Gasteiger partial charge on any atom is -0.633 e. The van der Waals surface area contributed by atoms with Crippen molar-refractivity contribution < 1.29 is 25.7 Å². The number of piperidine rings is 1. The normalized spacial score (nSPS) is 27.2. The summed E-state index contributed by atoms with van der Waals surface area (Å²) in [6.45, 7) is 4.04. The third kappa shape index (κ3) is 4.41. The second-order valence-electron chi connectivity index (χ2n) is 8.37. The van der Waals surface area contributed by atoms with Crippen molar-refractivity contribution >= 4 is 20.1 Å². The highest BCUT2D eigenvalue weighted by molar-refractivity contribution is 7.89. The van der Waals surface area contributed by atoms with Crippen LogP contribution in [-0.4, -0.2) is 64.1 Å². The molecule has 2 aliphatic rings. The van der Waals surface area contributed by atoms with Crippen LogP contribution in [0.2, 0.25) is 0 Å². The summed E-state index contributed by atoms with van der Waals surface area (Å²) < 4.78 is 58.6. The number of benzene rings is 2. The van der Waals surface area contributed by atoms with E-state index in [1.165, 1.54) is 28.6 Å². The van der Waals surface area contributed by atoms with Crippen molar-refractivity contribution in [1.82, 2.24) is 4.31 Å². The van der Waals surface area contributed by atoms with Crippen molar-refractivity contribution in [2.75, 3.05) is 26.2 Å². The first-order chi connectivity index (χ1) is 14.5. The number of nitrogens with zero attached hydrogens (tertiary/aromatic N) is 2. The first-order valence-electron chi connectivity index (χ1n) is 10.2. The van der Waals surface area contributed by atoms with Gasteiger partial charge in [-0.3, -0.25) is 4.18 Å². The number of sulfonamides is 1. The summed E-state index contributed by atoms with van der Waals surface area (Å²) in [5, 5.41) is 12.9. The summed E-state index contributed by atoms with van der Waals surface area (Å²) in [7, 11) is -8.01. The zero-order valence-corrected chi connectivity index (χ0v) is 19.1. The second kappa shape index (κ2) is 7.95. The molecule has 0 radical (unpaired) electrons. The maximum Gasteiger partial charge on any atom is 0.297 e.